The Labute approximate surface area is 152 Å². The van der Waals surface area contributed by atoms with Crippen molar-refractivity contribution >= 4 is 11.6 Å². The summed E-state index contributed by atoms with van der Waals surface area (Å²) in [7, 11) is 1.65. The van der Waals surface area contributed by atoms with Crippen molar-refractivity contribution in [3.8, 4) is 0 Å². The quantitative estimate of drug-likeness (QED) is 0.901. The Morgan fingerprint density at radius 1 is 1.46 bits per heavy atom. The van der Waals surface area contributed by atoms with Crippen molar-refractivity contribution in [2.24, 2.45) is 0 Å². The van der Waals surface area contributed by atoms with Gasteiger partial charge in [0.1, 0.15) is 5.69 Å². The number of H-pyrrole nitrogens is 1. The van der Waals surface area contributed by atoms with Crippen molar-refractivity contribution < 1.29 is 14.3 Å². The largest absolute Gasteiger partial charge is 0.383 e. The summed E-state index contributed by atoms with van der Waals surface area (Å²) in [6.07, 6.45) is 4.22. The summed E-state index contributed by atoms with van der Waals surface area (Å²) in [6.45, 7) is 5.76. The third kappa shape index (κ3) is 2.83. The van der Waals surface area contributed by atoms with Crippen LogP contribution in [0, 0.1) is 0 Å². The van der Waals surface area contributed by atoms with E-state index in [2.05, 4.69) is 10.2 Å². The van der Waals surface area contributed by atoms with Crippen molar-refractivity contribution in [2.75, 3.05) is 25.2 Å². The maximum absolute atomic E-state index is 13.5. The van der Waals surface area contributed by atoms with Crippen LogP contribution in [0.25, 0.3) is 0 Å². The van der Waals surface area contributed by atoms with Gasteiger partial charge in [-0.05, 0) is 26.7 Å². The van der Waals surface area contributed by atoms with Crippen LogP contribution in [0.5, 0.6) is 0 Å². The lowest BCUT2D eigenvalue weighted by molar-refractivity contribution is -0.00716. The van der Waals surface area contributed by atoms with Gasteiger partial charge in [-0.15, -0.1) is 0 Å². The summed E-state index contributed by atoms with van der Waals surface area (Å²) in [4.78, 5) is 15.4. The zero-order valence-corrected chi connectivity index (χ0v) is 15.5. The average Bonchev–Trinajstić information content (AvgIpc) is 3.23. The second kappa shape index (κ2) is 6.85. The average molecular weight is 359 g/mol. The molecule has 0 radical (unpaired) electrons. The molecule has 0 aliphatic carbocycles. The molecule has 0 spiro atoms. The number of aryl methyl sites for hydroxylation is 1. The van der Waals surface area contributed by atoms with Gasteiger partial charge in [0.05, 0.1) is 48.6 Å². The molecule has 4 heterocycles. The summed E-state index contributed by atoms with van der Waals surface area (Å²) >= 11 is 0. The molecule has 2 aromatic heterocycles. The van der Waals surface area contributed by atoms with Crippen molar-refractivity contribution in [1.82, 2.24) is 20.0 Å². The van der Waals surface area contributed by atoms with Gasteiger partial charge >= 0.3 is 0 Å². The topological polar surface area (TPSA) is 85.3 Å². The Kier molecular flexibility index (Phi) is 4.54. The van der Waals surface area contributed by atoms with Gasteiger partial charge < -0.3 is 14.4 Å². The SMILES string of the molecule is COCCn1nc2c(c1C(=O)N1CCCc3[nH]ncc31)C[C@H](C)O[C@@H]2C. The molecule has 0 unspecified atom stereocenters. The predicted octanol–water partition coefficient (Wildman–Crippen LogP) is 1.87. The highest BCUT2D eigenvalue weighted by molar-refractivity contribution is 6.06. The molecular formula is C18H25N5O3. The number of aromatic amines is 1. The number of aromatic nitrogens is 4. The molecule has 140 valence electrons. The molecule has 0 saturated carbocycles. The van der Waals surface area contributed by atoms with E-state index in [0.717, 1.165) is 35.5 Å². The molecule has 0 saturated heterocycles. The number of methoxy groups -OCH3 is 1. The van der Waals surface area contributed by atoms with Crippen molar-refractivity contribution in [3.05, 3.63) is 28.8 Å². The summed E-state index contributed by atoms with van der Waals surface area (Å²) in [5, 5.41) is 11.8. The van der Waals surface area contributed by atoms with E-state index in [4.69, 9.17) is 14.6 Å². The zero-order valence-electron chi connectivity index (χ0n) is 15.5. The van der Waals surface area contributed by atoms with E-state index in [9.17, 15) is 4.79 Å². The maximum Gasteiger partial charge on any atom is 0.276 e. The van der Waals surface area contributed by atoms with Crippen LogP contribution in [-0.2, 0) is 28.9 Å². The Balaban J connectivity index is 1.76. The number of hydrogen-bond acceptors (Lipinski definition) is 5. The fourth-order valence-electron chi connectivity index (χ4n) is 3.97. The van der Waals surface area contributed by atoms with Crippen LogP contribution in [0.1, 0.15) is 53.8 Å². The Bertz CT molecular complexity index is 812. The number of nitrogens with one attached hydrogen (secondary N) is 1. The standard InChI is InChI=1S/C18H25N5O3/c1-11-9-13-16(12(2)26-11)21-23(7-8-25-3)17(13)18(24)22-6-4-5-14-15(22)10-19-20-14/h10-12H,4-9H2,1-3H3,(H,19,20)/t11-,12+/m0/s1. The van der Waals surface area contributed by atoms with Gasteiger partial charge in [0.2, 0.25) is 0 Å². The number of anilines is 1. The van der Waals surface area contributed by atoms with Crippen LogP contribution < -0.4 is 4.90 Å². The van der Waals surface area contributed by atoms with Crippen molar-refractivity contribution in [2.45, 2.75) is 51.9 Å². The van der Waals surface area contributed by atoms with Gasteiger partial charge in [-0.2, -0.15) is 10.2 Å². The predicted molar refractivity (Wildman–Crippen MR) is 95.4 cm³/mol. The lowest BCUT2D eigenvalue weighted by Crippen LogP contribution is -2.37. The van der Waals surface area contributed by atoms with Gasteiger partial charge in [-0.3, -0.25) is 14.6 Å². The number of hydrogen-bond donors (Lipinski definition) is 1. The fraction of sp³-hybridized carbons (Fsp3) is 0.611. The smallest absolute Gasteiger partial charge is 0.276 e. The molecule has 2 atom stereocenters. The minimum Gasteiger partial charge on any atom is -0.383 e. The minimum absolute atomic E-state index is 0.0153. The Morgan fingerprint density at radius 3 is 3.12 bits per heavy atom. The highest BCUT2D eigenvalue weighted by Crippen LogP contribution is 2.34. The second-order valence-corrected chi connectivity index (χ2v) is 7.02. The van der Waals surface area contributed by atoms with E-state index in [1.54, 1.807) is 18.0 Å². The van der Waals surface area contributed by atoms with Crippen LogP contribution in [0.3, 0.4) is 0 Å². The number of nitrogens with zero attached hydrogens (tertiary/aromatic N) is 4. The van der Waals surface area contributed by atoms with Crippen LogP contribution in [0.2, 0.25) is 0 Å². The first-order valence-electron chi connectivity index (χ1n) is 9.18. The van der Waals surface area contributed by atoms with E-state index in [1.807, 2.05) is 18.7 Å². The Morgan fingerprint density at radius 2 is 2.31 bits per heavy atom. The molecule has 8 heteroatoms. The normalized spacial score (nSPS) is 22.2. The molecule has 26 heavy (non-hydrogen) atoms. The molecule has 8 nitrogen and oxygen atoms in total. The molecular weight excluding hydrogens is 334 g/mol. The monoisotopic (exact) mass is 359 g/mol. The maximum atomic E-state index is 13.5. The van der Waals surface area contributed by atoms with Crippen molar-refractivity contribution in [1.29, 1.82) is 0 Å². The molecule has 0 bridgehead atoms. The number of rotatable bonds is 4. The van der Waals surface area contributed by atoms with E-state index in [1.165, 1.54) is 0 Å². The Hall–Kier alpha value is -2.19. The fourth-order valence-corrected chi connectivity index (χ4v) is 3.97. The van der Waals surface area contributed by atoms with Gasteiger partial charge in [-0.1, -0.05) is 0 Å². The van der Waals surface area contributed by atoms with Gasteiger partial charge in [0, 0.05) is 25.6 Å². The molecule has 0 aromatic carbocycles. The summed E-state index contributed by atoms with van der Waals surface area (Å²) < 4.78 is 12.9. The number of fused-ring (bicyclic) bond motifs is 2. The van der Waals surface area contributed by atoms with E-state index in [-0.39, 0.29) is 18.1 Å². The minimum atomic E-state index is -0.116. The lowest BCUT2D eigenvalue weighted by atomic mass is 9.98. The molecule has 4 rings (SSSR count). The first-order valence-corrected chi connectivity index (χ1v) is 9.18. The van der Waals surface area contributed by atoms with Gasteiger partial charge in [0.15, 0.2) is 0 Å². The van der Waals surface area contributed by atoms with Crippen LogP contribution >= 0.6 is 0 Å². The van der Waals surface area contributed by atoms with E-state index in [0.29, 0.717) is 31.8 Å². The van der Waals surface area contributed by atoms with Crippen LogP contribution in [-0.4, -0.2) is 52.3 Å². The molecule has 1 amide bonds. The van der Waals surface area contributed by atoms with Crippen molar-refractivity contribution in [3.63, 3.8) is 0 Å². The van der Waals surface area contributed by atoms with Crippen LogP contribution in [0.15, 0.2) is 6.20 Å². The van der Waals surface area contributed by atoms with Gasteiger partial charge in [0.25, 0.3) is 5.91 Å². The highest BCUT2D eigenvalue weighted by atomic mass is 16.5. The second-order valence-electron chi connectivity index (χ2n) is 7.02. The number of carbonyl (C=O) groups is 1. The molecule has 2 aliphatic heterocycles. The third-order valence-corrected chi connectivity index (χ3v) is 5.14. The first-order chi connectivity index (χ1) is 12.6. The number of carbonyl (C=O) groups excluding carboxylic acids is 1. The lowest BCUT2D eigenvalue weighted by Gasteiger charge is -2.28. The number of amides is 1. The highest BCUT2D eigenvalue weighted by Gasteiger charge is 2.35. The zero-order chi connectivity index (χ0) is 18.3. The molecule has 2 aromatic rings. The summed E-state index contributed by atoms with van der Waals surface area (Å²) in [6, 6.07) is 0. The molecule has 2 aliphatic rings. The summed E-state index contributed by atoms with van der Waals surface area (Å²) in [5.41, 5.74) is 4.43. The van der Waals surface area contributed by atoms with E-state index < -0.39 is 0 Å². The third-order valence-electron chi connectivity index (χ3n) is 5.14. The molecule has 1 N–H and O–H groups in total. The molecule has 0 fully saturated rings. The number of ether oxygens (including phenoxy) is 2. The first kappa shape index (κ1) is 17.2. The van der Waals surface area contributed by atoms with E-state index >= 15 is 0 Å². The van der Waals surface area contributed by atoms with Crippen LogP contribution in [0.4, 0.5) is 5.69 Å². The van der Waals surface area contributed by atoms with Gasteiger partial charge in [-0.25, -0.2) is 0 Å². The summed E-state index contributed by atoms with van der Waals surface area (Å²) in [5.74, 6) is -0.0153.